The maximum atomic E-state index is 13.5. The lowest BCUT2D eigenvalue weighted by atomic mass is 10.0. The molecule has 33 heavy (non-hydrogen) atoms. The van der Waals surface area contributed by atoms with Gasteiger partial charge in [-0.15, -0.1) is 11.3 Å². The van der Waals surface area contributed by atoms with Crippen LogP contribution in [-0.2, 0) is 13.0 Å². The fourth-order valence-corrected chi connectivity index (χ4v) is 5.60. The Morgan fingerprint density at radius 1 is 1.00 bits per heavy atom. The van der Waals surface area contributed by atoms with Crippen LogP contribution < -0.4 is 5.32 Å². The zero-order valence-corrected chi connectivity index (χ0v) is 19.6. The number of nitrogens with zero attached hydrogens (tertiary/aromatic N) is 1. The number of thiophene rings is 1. The van der Waals surface area contributed by atoms with Gasteiger partial charge in [-0.05, 0) is 72.0 Å². The maximum Gasteiger partial charge on any atom is 0.251 e. The standard InChI is InChI=1S/C27H21FN2OS2/c1-2-17-13-21(32-16-17)15-29-27(31)19-9-12-25-23(14-19)30-26(18-7-10-20(28)11-8-18)22-5-3-4-6-24(22)33-25/h3-14,16H,2,15H2,1H3,(H,29,31). The smallest absolute Gasteiger partial charge is 0.251 e. The van der Waals surface area contributed by atoms with Crippen LogP contribution in [0.3, 0.4) is 0 Å². The van der Waals surface area contributed by atoms with E-state index in [1.54, 1.807) is 35.2 Å². The zero-order valence-electron chi connectivity index (χ0n) is 18.0. The van der Waals surface area contributed by atoms with Crippen molar-refractivity contribution in [1.29, 1.82) is 0 Å². The fourth-order valence-electron chi connectivity index (χ4n) is 3.68. The number of aliphatic imine (C=N–C) groups is 1. The topological polar surface area (TPSA) is 41.5 Å². The summed E-state index contributed by atoms with van der Waals surface area (Å²) in [5.41, 5.74) is 5.16. The number of amides is 1. The molecule has 0 saturated carbocycles. The first-order valence-corrected chi connectivity index (χ1v) is 12.4. The second-order valence-corrected chi connectivity index (χ2v) is 9.79. The van der Waals surface area contributed by atoms with Crippen LogP contribution in [0.15, 0.2) is 93.0 Å². The molecule has 0 aliphatic carbocycles. The first-order chi connectivity index (χ1) is 16.1. The Labute approximate surface area is 200 Å². The monoisotopic (exact) mass is 472 g/mol. The Hall–Kier alpha value is -3.22. The molecule has 1 N–H and O–H groups in total. The van der Waals surface area contributed by atoms with Crippen molar-refractivity contribution in [2.75, 3.05) is 0 Å². The van der Waals surface area contributed by atoms with Gasteiger partial charge in [-0.2, -0.15) is 0 Å². The van der Waals surface area contributed by atoms with Crippen LogP contribution in [0.1, 0.15) is 38.8 Å². The summed E-state index contributed by atoms with van der Waals surface area (Å²) in [7, 11) is 0. The van der Waals surface area contributed by atoms with E-state index in [1.165, 1.54) is 17.7 Å². The summed E-state index contributed by atoms with van der Waals surface area (Å²) in [5.74, 6) is -0.415. The SMILES string of the molecule is CCc1csc(CNC(=O)c2ccc3c(c2)N=C(c2ccc(F)cc2)c2ccccc2S3)c1. The molecule has 6 heteroatoms. The number of carbonyl (C=O) groups excluding carboxylic acids is 1. The number of hydrogen-bond acceptors (Lipinski definition) is 4. The Bertz CT molecular complexity index is 1360. The first kappa shape index (κ1) is 21.6. The van der Waals surface area contributed by atoms with E-state index in [1.807, 2.05) is 36.4 Å². The van der Waals surface area contributed by atoms with Crippen LogP contribution in [0.5, 0.6) is 0 Å². The number of carbonyl (C=O) groups is 1. The second-order valence-electron chi connectivity index (χ2n) is 7.71. The summed E-state index contributed by atoms with van der Waals surface area (Å²) in [6.07, 6.45) is 0.990. The van der Waals surface area contributed by atoms with Gasteiger partial charge in [-0.3, -0.25) is 4.79 Å². The van der Waals surface area contributed by atoms with E-state index in [4.69, 9.17) is 4.99 Å². The molecule has 2 heterocycles. The summed E-state index contributed by atoms with van der Waals surface area (Å²) in [5, 5.41) is 5.15. The van der Waals surface area contributed by atoms with Crippen molar-refractivity contribution < 1.29 is 9.18 Å². The van der Waals surface area contributed by atoms with Crippen LogP contribution in [-0.4, -0.2) is 11.6 Å². The Balaban J connectivity index is 1.48. The van der Waals surface area contributed by atoms with Gasteiger partial charge in [0.05, 0.1) is 17.9 Å². The third-order valence-electron chi connectivity index (χ3n) is 5.47. The molecule has 1 amide bonds. The van der Waals surface area contributed by atoms with Gasteiger partial charge in [0.1, 0.15) is 5.82 Å². The van der Waals surface area contributed by atoms with Gasteiger partial charge < -0.3 is 5.32 Å². The van der Waals surface area contributed by atoms with Gasteiger partial charge in [-0.1, -0.05) is 36.9 Å². The fraction of sp³-hybridized carbons (Fsp3) is 0.111. The Morgan fingerprint density at radius 3 is 2.61 bits per heavy atom. The highest BCUT2D eigenvalue weighted by Gasteiger charge is 2.20. The highest BCUT2D eigenvalue weighted by molar-refractivity contribution is 7.99. The summed E-state index contributed by atoms with van der Waals surface area (Å²) in [6.45, 7) is 2.63. The number of hydrogen-bond donors (Lipinski definition) is 1. The summed E-state index contributed by atoms with van der Waals surface area (Å²) >= 11 is 3.28. The molecule has 3 aromatic carbocycles. The van der Waals surface area contributed by atoms with Gasteiger partial charge >= 0.3 is 0 Å². The minimum Gasteiger partial charge on any atom is -0.347 e. The van der Waals surface area contributed by atoms with Crippen LogP contribution in [0.4, 0.5) is 10.1 Å². The summed E-state index contributed by atoms with van der Waals surface area (Å²) < 4.78 is 13.5. The van der Waals surface area contributed by atoms with E-state index in [-0.39, 0.29) is 11.7 Å². The molecular formula is C27H21FN2OS2. The van der Waals surface area contributed by atoms with Crippen molar-refractivity contribution in [2.24, 2.45) is 4.99 Å². The Kier molecular flexibility index (Phi) is 6.11. The molecule has 0 saturated heterocycles. The quantitative estimate of drug-likeness (QED) is 0.299. The molecule has 164 valence electrons. The summed E-state index contributed by atoms with van der Waals surface area (Å²) in [4.78, 5) is 21.0. The normalized spacial score (nSPS) is 12.4. The number of fused-ring (bicyclic) bond motifs is 2. The molecule has 1 aliphatic heterocycles. The number of rotatable bonds is 5. The van der Waals surface area contributed by atoms with Crippen molar-refractivity contribution in [3.05, 3.63) is 111 Å². The van der Waals surface area contributed by atoms with E-state index >= 15 is 0 Å². The van der Waals surface area contributed by atoms with Crippen molar-refractivity contribution in [3.8, 4) is 0 Å². The molecule has 0 spiro atoms. The molecule has 0 fully saturated rings. The molecule has 0 bridgehead atoms. The third-order valence-corrected chi connectivity index (χ3v) is 7.60. The van der Waals surface area contributed by atoms with E-state index in [0.717, 1.165) is 43.6 Å². The third kappa shape index (κ3) is 4.63. The summed E-state index contributed by atoms with van der Waals surface area (Å²) in [6, 6.07) is 22.2. The molecule has 1 aromatic heterocycles. The van der Waals surface area contributed by atoms with E-state index in [0.29, 0.717) is 12.1 Å². The number of nitrogens with one attached hydrogen (secondary N) is 1. The highest BCUT2D eigenvalue weighted by Crippen LogP contribution is 2.41. The average Bonchev–Trinajstić information content (AvgIpc) is 3.24. The molecule has 4 aromatic rings. The van der Waals surface area contributed by atoms with E-state index in [9.17, 15) is 9.18 Å². The zero-order chi connectivity index (χ0) is 22.8. The molecule has 0 unspecified atom stereocenters. The molecule has 0 atom stereocenters. The highest BCUT2D eigenvalue weighted by atomic mass is 32.2. The first-order valence-electron chi connectivity index (χ1n) is 10.7. The van der Waals surface area contributed by atoms with Crippen LogP contribution in [0.25, 0.3) is 0 Å². The van der Waals surface area contributed by atoms with Gasteiger partial charge in [0.25, 0.3) is 5.91 Å². The second kappa shape index (κ2) is 9.33. The molecular weight excluding hydrogens is 451 g/mol. The van der Waals surface area contributed by atoms with Crippen LogP contribution in [0, 0.1) is 5.82 Å². The molecule has 0 radical (unpaired) electrons. The number of halogens is 1. The number of benzene rings is 3. The van der Waals surface area contributed by atoms with E-state index in [2.05, 4.69) is 29.8 Å². The van der Waals surface area contributed by atoms with Gasteiger partial charge in [0.2, 0.25) is 0 Å². The Morgan fingerprint density at radius 2 is 1.82 bits per heavy atom. The average molecular weight is 473 g/mol. The lowest BCUT2D eigenvalue weighted by molar-refractivity contribution is 0.0951. The predicted molar refractivity (Wildman–Crippen MR) is 134 cm³/mol. The van der Waals surface area contributed by atoms with Crippen LogP contribution in [0.2, 0.25) is 0 Å². The molecule has 5 rings (SSSR count). The van der Waals surface area contributed by atoms with Crippen molar-refractivity contribution in [1.82, 2.24) is 5.32 Å². The molecule has 3 nitrogen and oxygen atoms in total. The maximum absolute atomic E-state index is 13.5. The predicted octanol–water partition coefficient (Wildman–Crippen LogP) is 7.01. The van der Waals surface area contributed by atoms with Gasteiger partial charge in [0, 0.05) is 31.4 Å². The van der Waals surface area contributed by atoms with Gasteiger partial charge in [-0.25, -0.2) is 9.38 Å². The van der Waals surface area contributed by atoms with Crippen molar-refractivity contribution >= 4 is 40.4 Å². The van der Waals surface area contributed by atoms with Crippen molar-refractivity contribution in [2.45, 2.75) is 29.7 Å². The largest absolute Gasteiger partial charge is 0.347 e. The van der Waals surface area contributed by atoms with Crippen LogP contribution >= 0.6 is 23.1 Å². The van der Waals surface area contributed by atoms with E-state index < -0.39 is 0 Å². The minimum atomic E-state index is -0.285. The molecule has 1 aliphatic rings. The lowest BCUT2D eigenvalue weighted by Crippen LogP contribution is -2.22. The van der Waals surface area contributed by atoms with Crippen molar-refractivity contribution in [3.63, 3.8) is 0 Å². The minimum absolute atomic E-state index is 0.130. The lowest BCUT2D eigenvalue weighted by Gasteiger charge is -2.08. The number of aryl methyl sites for hydroxylation is 1. The van der Waals surface area contributed by atoms with Gasteiger partial charge in [0.15, 0.2) is 0 Å².